The van der Waals surface area contributed by atoms with Gasteiger partial charge in [-0.2, -0.15) is 0 Å². The van der Waals surface area contributed by atoms with Crippen molar-refractivity contribution >= 4 is 34.4 Å². The highest BCUT2D eigenvalue weighted by atomic mass is 32.2. The molecule has 0 fully saturated rings. The zero-order valence-electron chi connectivity index (χ0n) is 12.8. The monoisotopic (exact) mass is 341 g/mol. The molecule has 4 rings (SSSR count). The first-order valence-corrected chi connectivity index (χ1v) is 8.64. The van der Waals surface area contributed by atoms with E-state index in [-0.39, 0.29) is 17.6 Å². The Hall–Kier alpha value is -2.54. The van der Waals surface area contributed by atoms with Gasteiger partial charge >= 0.3 is 0 Å². The Morgan fingerprint density at radius 1 is 1.33 bits per heavy atom. The van der Waals surface area contributed by atoms with Crippen molar-refractivity contribution in [1.29, 1.82) is 0 Å². The smallest absolute Gasteiger partial charge is 0.293 e. The topological polar surface area (TPSA) is 74.9 Å². The Kier molecular flexibility index (Phi) is 3.86. The minimum atomic E-state index is -0.330. The van der Waals surface area contributed by atoms with Gasteiger partial charge in [-0.25, -0.2) is 0 Å². The molecule has 0 saturated carbocycles. The fraction of sp³-hybridized carbons (Fsp3) is 0.235. The van der Waals surface area contributed by atoms with Gasteiger partial charge in [0.25, 0.3) is 5.91 Å². The maximum absolute atomic E-state index is 12.4. The third-order valence-corrected chi connectivity index (χ3v) is 4.90. The van der Waals surface area contributed by atoms with Crippen LogP contribution in [0, 0.1) is 0 Å². The zero-order chi connectivity index (χ0) is 16.5. The summed E-state index contributed by atoms with van der Waals surface area (Å²) >= 11 is 1.51. The highest BCUT2D eigenvalue weighted by Gasteiger charge is 2.29. The molecular formula is C17H15N3O3S. The molecule has 1 aromatic heterocycles. The van der Waals surface area contributed by atoms with Crippen molar-refractivity contribution in [1.82, 2.24) is 5.32 Å². The molecule has 0 atom stereocenters. The van der Waals surface area contributed by atoms with Crippen LogP contribution in [0.3, 0.4) is 0 Å². The predicted molar refractivity (Wildman–Crippen MR) is 92.3 cm³/mol. The van der Waals surface area contributed by atoms with Crippen LogP contribution in [0.1, 0.15) is 21.7 Å². The Morgan fingerprint density at radius 3 is 3.04 bits per heavy atom. The van der Waals surface area contributed by atoms with E-state index in [4.69, 9.17) is 4.42 Å². The zero-order valence-corrected chi connectivity index (χ0v) is 13.6. The molecule has 24 heavy (non-hydrogen) atoms. The average Bonchev–Trinajstić information content (AvgIpc) is 3.29. The number of aliphatic imine (C=N–C) groups is 1. The van der Waals surface area contributed by atoms with E-state index in [1.54, 1.807) is 11.0 Å². The van der Waals surface area contributed by atoms with E-state index in [9.17, 15) is 9.59 Å². The lowest BCUT2D eigenvalue weighted by molar-refractivity contribution is -0.117. The molecule has 1 aromatic carbocycles. The number of rotatable bonds is 3. The van der Waals surface area contributed by atoms with Crippen molar-refractivity contribution < 1.29 is 14.0 Å². The molecule has 1 N–H and O–H groups in total. The first-order chi connectivity index (χ1) is 11.7. The van der Waals surface area contributed by atoms with E-state index < -0.39 is 0 Å². The normalized spacial score (nSPS) is 16.2. The summed E-state index contributed by atoms with van der Waals surface area (Å²) < 4.78 is 5.36. The van der Waals surface area contributed by atoms with Gasteiger partial charge in [-0.3, -0.25) is 19.9 Å². The van der Waals surface area contributed by atoms with E-state index in [0.29, 0.717) is 30.2 Å². The second-order valence-electron chi connectivity index (χ2n) is 5.55. The molecule has 6 nitrogen and oxygen atoms in total. The van der Waals surface area contributed by atoms with Crippen LogP contribution in [0.2, 0.25) is 0 Å². The van der Waals surface area contributed by atoms with Crippen molar-refractivity contribution in [3.63, 3.8) is 0 Å². The minimum absolute atomic E-state index is 0.0273. The molecule has 7 heteroatoms. The van der Waals surface area contributed by atoms with Gasteiger partial charge in [-0.05, 0) is 17.7 Å². The SMILES string of the molecule is O=C(NC1=NCCS1)c1occc1CN1C(=O)Cc2ccccc21. The number of hydrogen-bond donors (Lipinski definition) is 1. The highest BCUT2D eigenvalue weighted by molar-refractivity contribution is 8.14. The molecular weight excluding hydrogens is 326 g/mol. The van der Waals surface area contributed by atoms with E-state index in [2.05, 4.69) is 10.3 Å². The van der Waals surface area contributed by atoms with E-state index in [0.717, 1.165) is 17.0 Å². The van der Waals surface area contributed by atoms with Gasteiger partial charge < -0.3 is 9.32 Å². The number of anilines is 1. The van der Waals surface area contributed by atoms with Crippen LogP contribution in [0.25, 0.3) is 0 Å². The summed E-state index contributed by atoms with van der Waals surface area (Å²) in [7, 11) is 0. The molecule has 0 aliphatic carbocycles. The standard InChI is InChI=1S/C17H15N3O3S/c21-14-9-11-3-1-2-4-13(11)20(14)10-12-5-7-23-15(12)16(22)19-17-18-6-8-24-17/h1-5,7H,6,8-10H2,(H,18,19,22). The van der Waals surface area contributed by atoms with Gasteiger partial charge in [0.1, 0.15) is 0 Å². The van der Waals surface area contributed by atoms with Gasteiger partial charge in [0.15, 0.2) is 10.9 Å². The Balaban J connectivity index is 1.55. The minimum Gasteiger partial charge on any atom is -0.459 e. The molecule has 0 spiro atoms. The lowest BCUT2D eigenvalue weighted by Gasteiger charge is -2.17. The number of amidine groups is 1. The number of amides is 2. The molecule has 0 saturated heterocycles. The van der Waals surface area contributed by atoms with Crippen LogP contribution in [0.15, 0.2) is 46.0 Å². The summed E-state index contributed by atoms with van der Waals surface area (Å²) in [5.74, 6) is 0.796. The molecule has 2 aliphatic rings. The number of thioether (sulfide) groups is 1. The maximum Gasteiger partial charge on any atom is 0.293 e. The Bertz CT molecular complexity index is 843. The second-order valence-corrected chi connectivity index (χ2v) is 6.63. The lowest BCUT2D eigenvalue weighted by atomic mass is 10.1. The van der Waals surface area contributed by atoms with Crippen molar-refractivity contribution in [2.75, 3.05) is 17.2 Å². The van der Waals surface area contributed by atoms with Crippen molar-refractivity contribution in [2.24, 2.45) is 4.99 Å². The number of nitrogens with zero attached hydrogens (tertiary/aromatic N) is 2. The van der Waals surface area contributed by atoms with E-state index in [1.807, 2.05) is 24.3 Å². The quantitative estimate of drug-likeness (QED) is 0.929. The average molecular weight is 341 g/mol. The summed E-state index contributed by atoms with van der Waals surface area (Å²) in [6, 6.07) is 9.43. The summed E-state index contributed by atoms with van der Waals surface area (Å²) in [5, 5.41) is 3.37. The molecule has 2 amide bonds. The Morgan fingerprint density at radius 2 is 2.21 bits per heavy atom. The molecule has 0 bridgehead atoms. The van der Waals surface area contributed by atoms with E-state index in [1.165, 1.54) is 18.0 Å². The molecule has 0 radical (unpaired) electrons. The summed E-state index contributed by atoms with van der Waals surface area (Å²) in [6.07, 6.45) is 1.86. The van der Waals surface area contributed by atoms with Gasteiger partial charge in [-0.15, -0.1) is 0 Å². The number of benzene rings is 1. The van der Waals surface area contributed by atoms with Crippen molar-refractivity contribution in [3.8, 4) is 0 Å². The fourth-order valence-electron chi connectivity index (χ4n) is 2.88. The third kappa shape index (κ3) is 2.71. The van der Waals surface area contributed by atoms with Gasteiger partial charge in [0.2, 0.25) is 5.91 Å². The van der Waals surface area contributed by atoms with Crippen molar-refractivity contribution in [3.05, 3.63) is 53.5 Å². The molecule has 2 aliphatic heterocycles. The molecule has 2 aromatic rings. The molecule has 3 heterocycles. The second kappa shape index (κ2) is 6.16. The highest BCUT2D eigenvalue weighted by Crippen LogP contribution is 2.30. The van der Waals surface area contributed by atoms with Crippen LogP contribution in [-0.2, 0) is 17.8 Å². The first-order valence-electron chi connectivity index (χ1n) is 7.65. The maximum atomic E-state index is 12.4. The predicted octanol–water partition coefficient (Wildman–Crippen LogP) is 2.20. The number of carbonyl (C=O) groups is 2. The lowest BCUT2D eigenvalue weighted by Crippen LogP contribution is -2.30. The van der Waals surface area contributed by atoms with Crippen LogP contribution < -0.4 is 10.2 Å². The summed E-state index contributed by atoms with van der Waals surface area (Å²) in [6.45, 7) is 1.03. The molecule has 122 valence electrons. The number of carbonyl (C=O) groups excluding carboxylic acids is 2. The number of furan rings is 1. The third-order valence-electron chi connectivity index (χ3n) is 4.01. The van der Waals surface area contributed by atoms with Crippen LogP contribution in [0.4, 0.5) is 5.69 Å². The van der Waals surface area contributed by atoms with Crippen molar-refractivity contribution in [2.45, 2.75) is 13.0 Å². The summed E-state index contributed by atoms with van der Waals surface area (Å²) in [5.41, 5.74) is 2.58. The number of nitrogens with one attached hydrogen (secondary N) is 1. The largest absolute Gasteiger partial charge is 0.459 e. The van der Waals surface area contributed by atoms with Crippen LogP contribution >= 0.6 is 11.8 Å². The van der Waals surface area contributed by atoms with E-state index >= 15 is 0 Å². The summed E-state index contributed by atoms with van der Waals surface area (Å²) in [4.78, 5) is 30.6. The molecule has 0 unspecified atom stereocenters. The Labute approximate surface area is 142 Å². The van der Waals surface area contributed by atoms with Gasteiger partial charge in [0.05, 0.1) is 25.8 Å². The van der Waals surface area contributed by atoms with Gasteiger partial charge in [0, 0.05) is 17.0 Å². The number of hydrogen-bond acceptors (Lipinski definition) is 5. The number of fused-ring (bicyclic) bond motifs is 1. The number of para-hydroxylation sites is 1. The van der Waals surface area contributed by atoms with Crippen LogP contribution in [-0.4, -0.2) is 29.3 Å². The fourth-order valence-corrected chi connectivity index (χ4v) is 3.61. The first kappa shape index (κ1) is 15.0. The van der Waals surface area contributed by atoms with Crippen LogP contribution in [0.5, 0.6) is 0 Å². The van der Waals surface area contributed by atoms with Gasteiger partial charge in [-0.1, -0.05) is 30.0 Å².